The Morgan fingerprint density at radius 1 is 1.00 bits per heavy atom. The Morgan fingerprint density at radius 2 is 1.57 bits per heavy atom. The molecule has 0 heterocycles. The summed E-state index contributed by atoms with van der Waals surface area (Å²) in [6.45, 7) is 2.80. The normalized spacial score (nSPS) is 11.7. The maximum absolute atomic E-state index is 12.3. The number of nitrogens with two attached hydrogens (primary N) is 1. The summed E-state index contributed by atoms with van der Waals surface area (Å²) < 4.78 is 0. The minimum absolute atomic E-state index is 0. The molecule has 0 saturated heterocycles. The Balaban J connectivity index is 0.00000612. The molecule has 2 aromatic rings. The number of aliphatic hydroxyl groups is 1. The number of anilines is 1. The van der Waals surface area contributed by atoms with Gasteiger partial charge in [0.2, 0.25) is 5.91 Å². The highest BCUT2D eigenvalue weighted by molar-refractivity contribution is 5.97. The quantitative estimate of drug-likeness (QED) is 0.112. The van der Waals surface area contributed by atoms with E-state index in [2.05, 4.69) is 27.8 Å². The first-order chi connectivity index (χ1) is 16.3. The van der Waals surface area contributed by atoms with Crippen molar-refractivity contribution in [2.45, 2.75) is 32.9 Å². The van der Waals surface area contributed by atoms with Crippen LogP contribution in [0.2, 0.25) is 0 Å². The van der Waals surface area contributed by atoms with Crippen LogP contribution >= 0.6 is 0 Å². The van der Waals surface area contributed by atoms with Gasteiger partial charge in [0.05, 0.1) is 12.6 Å². The van der Waals surface area contributed by atoms with Crippen LogP contribution in [0.4, 0.5) is 5.69 Å². The molecule has 0 unspecified atom stereocenters. The summed E-state index contributed by atoms with van der Waals surface area (Å²) in [5.74, 6) is 4.35. The van der Waals surface area contributed by atoms with Crippen molar-refractivity contribution in [3.8, 4) is 11.8 Å². The lowest BCUT2D eigenvalue weighted by atomic mass is 10.1. The van der Waals surface area contributed by atoms with Gasteiger partial charge in [0.15, 0.2) is 0 Å². The number of carbonyl (C=O) groups is 3. The van der Waals surface area contributed by atoms with E-state index in [0.29, 0.717) is 24.3 Å². The van der Waals surface area contributed by atoms with E-state index in [0.717, 1.165) is 12.0 Å². The summed E-state index contributed by atoms with van der Waals surface area (Å²) >= 11 is 0. The van der Waals surface area contributed by atoms with Crippen LogP contribution in [-0.4, -0.2) is 59.8 Å². The van der Waals surface area contributed by atoms with Gasteiger partial charge in [0.1, 0.15) is 6.04 Å². The molecule has 0 saturated carbocycles. The van der Waals surface area contributed by atoms with Crippen LogP contribution in [0.25, 0.3) is 0 Å². The number of hydrogen-bond acceptors (Lipinski definition) is 7. The van der Waals surface area contributed by atoms with Crippen molar-refractivity contribution >= 4 is 23.4 Å². The third-order valence-electron chi connectivity index (χ3n) is 4.67. The van der Waals surface area contributed by atoms with E-state index in [1.54, 1.807) is 36.4 Å². The second-order valence-corrected chi connectivity index (χ2v) is 7.44. The molecule has 35 heavy (non-hydrogen) atoms. The molecule has 0 aliphatic heterocycles. The number of benzene rings is 2. The van der Waals surface area contributed by atoms with Crippen LogP contribution in [0.5, 0.6) is 0 Å². The molecule has 0 radical (unpaired) electrons. The Kier molecular flexibility index (Phi) is 12.7. The molecule has 2 atom stereocenters. The lowest BCUT2D eigenvalue weighted by molar-refractivity contribution is -0.133. The van der Waals surface area contributed by atoms with Crippen LogP contribution < -0.4 is 27.2 Å². The monoisotopic (exact) mass is 483 g/mol. The van der Waals surface area contributed by atoms with Crippen LogP contribution in [0.15, 0.2) is 48.5 Å². The third kappa shape index (κ3) is 9.95. The zero-order chi connectivity index (χ0) is 24.9. The highest BCUT2D eigenvalue weighted by Gasteiger charge is 2.25. The topological polar surface area (TPSA) is 166 Å². The van der Waals surface area contributed by atoms with Crippen molar-refractivity contribution in [3.05, 3.63) is 65.2 Å². The first kappa shape index (κ1) is 29.3. The van der Waals surface area contributed by atoms with E-state index in [9.17, 15) is 19.5 Å². The summed E-state index contributed by atoms with van der Waals surface area (Å²) in [5.41, 5.74) is 9.16. The maximum Gasteiger partial charge on any atom is 0.268 e. The third-order valence-corrected chi connectivity index (χ3v) is 4.67. The summed E-state index contributed by atoms with van der Waals surface area (Å²) in [4.78, 5) is 35.7. The fourth-order valence-electron chi connectivity index (χ4n) is 2.82. The lowest BCUT2D eigenvalue weighted by Gasteiger charge is -2.19. The Bertz CT molecular complexity index is 1030. The molecule has 0 aliphatic carbocycles. The van der Waals surface area contributed by atoms with Crippen molar-refractivity contribution in [3.63, 3.8) is 0 Å². The predicted octanol–water partition coefficient (Wildman–Crippen LogP) is 0.584. The SMILES string of the molecule is C.C[C@@H](O)[C@H](NC(=O)c1ccc(C#Cc2ccc(NC(=O)CNCCCN)cc2)cc1)C(=O)NO. The van der Waals surface area contributed by atoms with E-state index < -0.39 is 24.0 Å². The molecule has 10 nitrogen and oxygen atoms in total. The van der Waals surface area contributed by atoms with Crippen LogP contribution in [0.3, 0.4) is 0 Å². The Hall–Kier alpha value is -3.75. The number of rotatable bonds is 10. The molecule has 10 heteroatoms. The molecule has 0 aliphatic rings. The van der Waals surface area contributed by atoms with Gasteiger partial charge < -0.3 is 26.8 Å². The van der Waals surface area contributed by atoms with Crippen molar-refractivity contribution in [1.29, 1.82) is 0 Å². The Morgan fingerprint density at radius 3 is 2.09 bits per heavy atom. The minimum atomic E-state index is -1.29. The standard InChI is InChI=1S/C24H29N5O5.CH4/c1-16(30)22(24(33)29-34)28-23(32)19-9-5-17(6-10-19)3-4-18-7-11-20(12-8-18)27-21(31)15-26-14-2-13-25;/h5-12,16,22,26,30,34H,2,13-15,25H2,1H3,(H,27,31)(H,28,32)(H,29,33);1H4/t16-,22+;/m1./s1. The number of amides is 3. The van der Waals surface area contributed by atoms with E-state index in [4.69, 9.17) is 10.9 Å². The van der Waals surface area contributed by atoms with E-state index in [-0.39, 0.29) is 25.4 Å². The first-order valence-corrected chi connectivity index (χ1v) is 10.7. The van der Waals surface area contributed by atoms with Gasteiger partial charge in [-0.05, 0) is 75.0 Å². The van der Waals surface area contributed by atoms with Gasteiger partial charge in [0.25, 0.3) is 11.8 Å². The van der Waals surface area contributed by atoms with Crippen molar-refractivity contribution in [2.75, 3.05) is 25.0 Å². The second-order valence-electron chi connectivity index (χ2n) is 7.44. The average molecular weight is 484 g/mol. The van der Waals surface area contributed by atoms with Gasteiger partial charge in [-0.3, -0.25) is 19.6 Å². The summed E-state index contributed by atoms with van der Waals surface area (Å²) in [7, 11) is 0. The largest absolute Gasteiger partial charge is 0.391 e. The van der Waals surface area contributed by atoms with Crippen molar-refractivity contribution < 1.29 is 24.7 Å². The van der Waals surface area contributed by atoms with Crippen LogP contribution in [0, 0.1) is 11.8 Å². The van der Waals surface area contributed by atoms with Crippen LogP contribution in [-0.2, 0) is 9.59 Å². The fourth-order valence-corrected chi connectivity index (χ4v) is 2.82. The molecule has 2 aromatic carbocycles. The number of nitrogens with one attached hydrogen (secondary N) is 4. The maximum atomic E-state index is 12.3. The molecule has 2 rings (SSSR count). The predicted molar refractivity (Wildman–Crippen MR) is 134 cm³/mol. The van der Waals surface area contributed by atoms with Gasteiger partial charge in [-0.2, -0.15) is 0 Å². The summed E-state index contributed by atoms with van der Waals surface area (Å²) in [6, 6.07) is 12.2. The molecular weight excluding hydrogens is 450 g/mol. The van der Waals surface area contributed by atoms with Gasteiger partial charge in [-0.25, -0.2) is 5.48 Å². The fraction of sp³-hybridized carbons (Fsp3) is 0.320. The molecule has 0 spiro atoms. The molecule has 0 aromatic heterocycles. The second kappa shape index (κ2) is 15.2. The van der Waals surface area contributed by atoms with E-state index in [1.165, 1.54) is 24.5 Å². The molecule has 8 N–H and O–H groups in total. The molecule has 3 amide bonds. The zero-order valence-corrected chi connectivity index (χ0v) is 18.8. The number of hydroxylamine groups is 1. The molecule has 188 valence electrons. The van der Waals surface area contributed by atoms with Gasteiger partial charge in [0, 0.05) is 22.4 Å². The van der Waals surface area contributed by atoms with Crippen molar-refractivity contribution in [2.24, 2.45) is 5.73 Å². The minimum Gasteiger partial charge on any atom is -0.391 e. The molecular formula is C25H33N5O5. The van der Waals surface area contributed by atoms with Gasteiger partial charge in [-0.1, -0.05) is 19.3 Å². The zero-order valence-electron chi connectivity index (χ0n) is 18.8. The average Bonchev–Trinajstić information content (AvgIpc) is 2.84. The first-order valence-electron chi connectivity index (χ1n) is 10.7. The molecule has 0 fully saturated rings. The Labute approximate surface area is 205 Å². The highest BCUT2D eigenvalue weighted by atomic mass is 16.5. The smallest absolute Gasteiger partial charge is 0.268 e. The summed E-state index contributed by atoms with van der Waals surface area (Å²) in [5, 5.41) is 26.5. The highest BCUT2D eigenvalue weighted by Crippen LogP contribution is 2.09. The number of aliphatic hydroxyl groups excluding tert-OH is 1. The van der Waals surface area contributed by atoms with E-state index in [1.807, 2.05) is 0 Å². The molecule has 0 bridgehead atoms. The number of carbonyl (C=O) groups excluding carboxylic acids is 3. The lowest BCUT2D eigenvalue weighted by Crippen LogP contribution is -2.51. The van der Waals surface area contributed by atoms with Gasteiger partial charge >= 0.3 is 0 Å². The van der Waals surface area contributed by atoms with Gasteiger partial charge in [-0.15, -0.1) is 0 Å². The van der Waals surface area contributed by atoms with E-state index >= 15 is 0 Å². The summed E-state index contributed by atoms with van der Waals surface area (Å²) in [6.07, 6.45) is -0.387. The number of hydrogen-bond donors (Lipinski definition) is 7. The van der Waals surface area contributed by atoms with Crippen LogP contribution in [0.1, 0.15) is 42.3 Å². The van der Waals surface area contributed by atoms with Crippen molar-refractivity contribution in [1.82, 2.24) is 16.1 Å².